The Morgan fingerprint density at radius 3 is 2.59 bits per heavy atom. The number of hydrogen-bond acceptors (Lipinski definition) is 6. The summed E-state index contributed by atoms with van der Waals surface area (Å²) in [5.74, 6) is -1.79. The van der Waals surface area contributed by atoms with Crippen molar-refractivity contribution in [1.29, 1.82) is 0 Å². The van der Waals surface area contributed by atoms with Crippen LogP contribution in [-0.4, -0.2) is 50.9 Å². The number of amides is 4. The molecule has 10 heteroatoms. The summed E-state index contributed by atoms with van der Waals surface area (Å²) in [5, 5.41) is 3.33. The van der Waals surface area contributed by atoms with Crippen LogP contribution in [0, 0.1) is 0 Å². The highest BCUT2D eigenvalue weighted by Crippen LogP contribution is 2.32. The van der Waals surface area contributed by atoms with Gasteiger partial charge in [-0.05, 0) is 25.0 Å². The van der Waals surface area contributed by atoms with E-state index in [9.17, 15) is 23.4 Å². The lowest BCUT2D eigenvalue weighted by molar-refractivity contribution is -0.140. The Morgan fingerprint density at radius 1 is 1.21 bits per heavy atom. The third kappa shape index (κ3) is 4.31. The molecule has 156 valence electrons. The Balaban J connectivity index is 1.59. The number of urea groups is 1. The summed E-state index contributed by atoms with van der Waals surface area (Å²) in [7, 11) is -1.36. The highest BCUT2D eigenvalue weighted by molar-refractivity contribution is 7.85. The first-order valence-electron chi connectivity index (χ1n) is 9.48. The van der Waals surface area contributed by atoms with E-state index in [1.807, 2.05) is 0 Å². The number of carbonyl (C=O) groups is 4. The zero-order valence-electron chi connectivity index (χ0n) is 16.1. The highest BCUT2D eigenvalue weighted by atomic mass is 32.2. The lowest BCUT2D eigenvalue weighted by Crippen LogP contribution is -2.51. The molecule has 1 heterocycles. The van der Waals surface area contributed by atoms with Crippen molar-refractivity contribution in [1.82, 2.24) is 15.8 Å². The molecule has 1 saturated heterocycles. The van der Waals surface area contributed by atoms with Crippen molar-refractivity contribution in [3.63, 3.8) is 0 Å². The smallest absolute Gasteiger partial charge is 0.344 e. The molecule has 1 aliphatic carbocycles. The van der Waals surface area contributed by atoms with Gasteiger partial charge in [-0.3, -0.25) is 19.2 Å². The van der Waals surface area contributed by atoms with E-state index in [4.69, 9.17) is 4.74 Å². The van der Waals surface area contributed by atoms with Gasteiger partial charge in [0.25, 0.3) is 11.8 Å². The summed E-state index contributed by atoms with van der Waals surface area (Å²) in [6.45, 7) is 1.04. The molecule has 0 bridgehead atoms. The number of benzene rings is 1. The first-order chi connectivity index (χ1) is 13.9. The van der Waals surface area contributed by atoms with E-state index in [1.54, 1.807) is 25.1 Å². The molecule has 1 aliphatic heterocycles. The normalized spacial score (nSPS) is 19.0. The molecule has 2 fully saturated rings. The minimum Gasteiger partial charge on any atom is -0.452 e. The number of nitrogens with one attached hydrogen (secondary N) is 2. The Kier molecular flexibility index (Phi) is 6.31. The number of ether oxygens (including phenoxy) is 1. The molecule has 0 aromatic heterocycles. The van der Waals surface area contributed by atoms with Gasteiger partial charge in [-0.15, -0.1) is 0 Å². The molecule has 1 saturated carbocycles. The number of nitrogens with zero attached hydrogens (tertiary/aromatic N) is 1. The van der Waals surface area contributed by atoms with Crippen LogP contribution in [0.1, 0.15) is 49.4 Å². The molecule has 1 aromatic rings. The quantitative estimate of drug-likeness (QED) is 0.527. The number of hydrazine groups is 1. The SMILES string of the molecule is CC[S@@](=O)c1ccccc1C(=O)OCC(=O)NN1C(=O)NC2(CCCCC2)C1=O. The van der Waals surface area contributed by atoms with Gasteiger partial charge in [0.2, 0.25) is 0 Å². The van der Waals surface area contributed by atoms with Crippen molar-refractivity contribution in [3.8, 4) is 0 Å². The minimum absolute atomic E-state index is 0.108. The van der Waals surface area contributed by atoms with Gasteiger partial charge >= 0.3 is 12.0 Å². The van der Waals surface area contributed by atoms with Crippen molar-refractivity contribution < 1.29 is 28.1 Å². The van der Waals surface area contributed by atoms with Crippen molar-refractivity contribution >= 4 is 34.6 Å². The average Bonchev–Trinajstić information content (AvgIpc) is 2.95. The third-order valence-corrected chi connectivity index (χ3v) is 6.43. The molecule has 2 N–H and O–H groups in total. The van der Waals surface area contributed by atoms with Crippen LogP contribution in [0.15, 0.2) is 29.2 Å². The lowest BCUT2D eigenvalue weighted by atomic mass is 9.82. The Bertz CT molecular complexity index is 865. The molecule has 0 unspecified atom stereocenters. The van der Waals surface area contributed by atoms with E-state index in [1.165, 1.54) is 6.07 Å². The molecule has 2 aliphatic rings. The van der Waals surface area contributed by atoms with Crippen molar-refractivity contribution in [3.05, 3.63) is 29.8 Å². The number of imide groups is 1. The first-order valence-corrected chi connectivity index (χ1v) is 10.8. The predicted octanol–water partition coefficient (Wildman–Crippen LogP) is 1.26. The predicted molar refractivity (Wildman–Crippen MR) is 103 cm³/mol. The molecule has 1 aromatic carbocycles. The van der Waals surface area contributed by atoms with E-state index >= 15 is 0 Å². The van der Waals surface area contributed by atoms with Crippen LogP contribution in [0.2, 0.25) is 0 Å². The number of rotatable bonds is 6. The van der Waals surface area contributed by atoms with Gasteiger partial charge < -0.3 is 10.1 Å². The van der Waals surface area contributed by atoms with Crippen LogP contribution in [0.4, 0.5) is 4.79 Å². The molecule has 1 spiro atoms. The highest BCUT2D eigenvalue weighted by Gasteiger charge is 2.52. The second-order valence-electron chi connectivity index (χ2n) is 6.95. The van der Waals surface area contributed by atoms with Gasteiger partial charge in [-0.1, -0.05) is 38.3 Å². The summed E-state index contributed by atoms with van der Waals surface area (Å²) < 4.78 is 17.0. The van der Waals surface area contributed by atoms with Crippen LogP contribution < -0.4 is 10.7 Å². The van der Waals surface area contributed by atoms with Gasteiger partial charge in [0.15, 0.2) is 6.61 Å². The number of carbonyl (C=O) groups excluding carboxylic acids is 4. The number of hydrogen-bond donors (Lipinski definition) is 2. The molecule has 1 atom stereocenters. The molecule has 9 nitrogen and oxygen atoms in total. The maximum Gasteiger partial charge on any atom is 0.344 e. The van der Waals surface area contributed by atoms with Gasteiger partial charge in [0, 0.05) is 5.75 Å². The number of esters is 1. The molecule has 0 radical (unpaired) electrons. The summed E-state index contributed by atoms with van der Waals surface area (Å²) in [6, 6.07) is 5.59. The van der Waals surface area contributed by atoms with Crippen molar-refractivity contribution in [2.75, 3.05) is 12.4 Å². The monoisotopic (exact) mass is 421 g/mol. The Morgan fingerprint density at radius 2 is 1.90 bits per heavy atom. The van der Waals surface area contributed by atoms with Crippen LogP contribution >= 0.6 is 0 Å². The maximum absolute atomic E-state index is 12.6. The second-order valence-corrected chi connectivity index (χ2v) is 8.66. The fraction of sp³-hybridized carbons (Fsp3) is 0.474. The van der Waals surface area contributed by atoms with Gasteiger partial charge in [-0.2, -0.15) is 5.01 Å². The summed E-state index contributed by atoms with van der Waals surface area (Å²) >= 11 is 0. The maximum atomic E-state index is 12.6. The van der Waals surface area contributed by atoms with Crippen LogP contribution in [0.25, 0.3) is 0 Å². The van der Waals surface area contributed by atoms with Crippen LogP contribution in [-0.2, 0) is 25.1 Å². The largest absolute Gasteiger partial charge is 0.452 e. The first kappa shape index (κ1) is 21.0. The van der Waals surface area contributed by atoms with Crippen molar-refractivity contribution in [2.45, 2.75) is 49.5 Å². The minimum atomic E-state index is -1.36. The molecule has 4 amide bonds. The Labute approximate surface area is 170 Å². The molecular weight excluding hydrogens is 398 g/mol. The van der Waals surface area contributed by atoms with E-state index < -0.39 is 46.8 Å². The van der Waals surface area contributed by atoms with Crippen LogP contribution in [0.5, 0.6) is 0 Å². The average molecular weight is 421 g/mol. The van der Waals surface area contributed by atoms with E-state index in [0.717, 1.165) is 19.3 Å². The van der Waals surface area contributed by atoms with Gasteiger partial charge in [-0.25, -0.2) is 9.59 Å². The van der Waals surface area contributed by atoms with E-state index in [0.29, 0.717) is 28.5 Å². The fourth-order valence-corrected chi connectivity index (χ4v) is 4.51. The van der Waals surface area contributed by atoms with Gasteiger partial charge in [0.05, 0.1) is 21.3 Å². The second kappa shape index (κ2) is 8.73. The lowest BCUT2D eigenvalue weighted by Gasteiger charge is -2.30. The molecule has 29 heavy (non-hydrogen) atoms. The van der Waals surface area contributed by atoms with Gasteiger partial charge in [0.1, 0.15) is 5.54 Å². The summed E-state index contributed by atoms with van der Waals surface area (Å²) in [5.41, 5.74) is 1.35. The van der Waals surface area contributed by atoms with Crippen molar-refractivity contribution in [2.24, 2.45) is 0 Å². The topological polar surface area (TPSA) is 122 Å². The summed E-state index contributed by atoms with van der Waals surface area (Å²) in [4.78, 5) is 49.5. The van der Waals surface area contributed by atoms with E-state index in [2.05, 4.69) is 10.7 Å². The molecule has 3 rings (SSSR count). The Hall–Kier alpha value is -2.75. The zero-order chi connectivity index (χ0) is 21.0. The fourth-order valence-electron chi connectivity index (χ4n) is 3.57. The van der Waals surface area contributed by atoms with E-state index in [-0.39, 0.29) is 5.56 Å². The summed E-state index contributed by atoms with van der Waals surface area (Å²) in [6.07, 6.45) is 3.71. The third-order valence-electron chi connectivity index (χ3n) is 5.05. The van der Waals surface area contributed by atoms with Crippen LogP contribution in [0.3, 0.4) is 0 Å². The zero-order valence-corrected chi connectivity index (χ0v) is 16.9. The molecular formula is C19H23N3O6S. The standard InChI is InChI=1S/C19H23N3O6S/c1-2-29(27)14-9-5-4-8-13(14)16(24)28-12-15(23)21-22-17(25)19(20-18(22)26)10-6-3-7-11-19/h4-5,8-9H,2-3,6-7,10-12H2,1H3,(H,20,26)(H,21,23)/t29-/m1/s1.